The Kier molecular flexibility index (Phi) is 4.85. The van der Waals surface area contributed by atoms with Gasteiger partial charge in [0.15, 0.2) is 0 Å². The summed E-state index contributed by atoms with van der Waals surface area (Å²) in [5.74, 6) is 2.11. The highest BCUT2D eigenvalue weighted by molar-refractivity contribution is 5.16. The molecule has 5 aliphatic rings. The Morgan fingerprint density at radius 1 is 0.833 bits per heavy atom. The first kappa shape index (κ1) is 21.7. The van der Waals surface area contributed by atoms with Crippen molar-refractivity contribution in [1.29, 1.82) is 0 Å². The van der Waals surface area contributed by atoms with Crippen molar-refractivity contribution in [1.82, 2.24) is 0 Å². The molecule has 4 saturated carbocycles. The third-order valence-corrected chi connectivity index (χ3v) is 12.1. The van der Waals surface area contributed by atoms with Crippen molar-refractivity contribution in [2.45, 2.75) is 123 Å². The first-order chi connectivity index (χ1) is 14.0. The molecule has 4 aliphatic carbocycles. The molecule has 3 heteroatoms. The predicted molar refractivity (Wildman–Crippen MR) is 120 cm³/mol. The zero-order valence-electron chi connectivity index (χ0n) is 20.2. The minimum absolute atomic E-state index is 0.0579. The summed E-state index contributed by atoms with van der Waals surface area (Å²) in [7, 11) is 0. The van der Waals surface area contributed by atoms with Crippen LogP contribution in [0.1, 0.15) is 105 Å². The molecule has 1 heterocycles. The molecule has 0 aromatic carbocycles. The maximum absolute atomic E-state index is 10.8. The van der Waals surface area contributed by atoms with E-state index >= 15 is 0 Å². The molecule has 172 valence electrons. The number of fused-ring (bicyclic) bond motifs is 5. The van der Waals surface area contributed by atoms with E-state index in [0.717, 1.165) is 18.8 Å². The Morgan fingerprint density at radius 2 is 1.60 bits per heavy atom. The van der Waals surface area contributed by atoms with Crippen LogP contribution >= 0.6 is 0 Å². The van der Waals surface area contributed by atoms with Crippen LogP contribution < -0.4 is 0 Å². The molecule has 2 N–H and O–H groups in total. The molecule has 3 nitrogen and oxygen atoms in total. The molecular formula is C27H46O3. The number of aliphatic hydroxyl groups is 2. The third-order valence-electron chi connectivity index (χ3n) is 12.1. The second-order valence-electron chi connectivity index (χ2n) is 13.6. The summed E-state index contributed by atoms with van der Waals surface area (Å²) in [4.78, 5) is 0. The summed E-state index contributed by atoms with van der Waals surface area (Å²) in [6.45, 7) is 12.2. The second kappa shape index (κ2) is 6.70. The van der Waals surface area contributed by atoms with Crippen molar-refractivity contribution in [2.24, 2.45) is 39.4 Å². The molecule has 0 amide bonds. The average Bonchev–Trinajstić information content (AvgIpc) is 2.91. The lowest BCUT2D eigenvalue weighted by molar-refractivity contribution is -0.171. The van der Waals surface area contributed by atoms with Gasteiger partial charge < -0.3 is 14.9 Å². The van der Waals surface area contributed by atoms with E-state index in [9.17, 15) is 10.2 Å². The van der Waals surface area contributed by atoms with Crippen LogP contribution in [0, 0.1) is 39.4 Å². The first-order valence-corrected chi connectivity index (χ1v) is 13.0. The van der Waals surface area contributed by atoms with Gasteiger partial charge in [-0.3, -0.25) is 0 Å². The van der Waals surface area contributed by atoms with E-state index in [4.69, 9.17) is 4.74 Å². The zero-order valence-corrected chi connectivity index (χ0v) is 20.2. The maximum Gasteiger partial charge on any atom is 0.0888 e. The van der Waals surface area contributed by atoms with E-state index in [0.29, 0.717) is 34.2 Å². The van der Waals surface area contributed by atoms with Gasteiger partial charge in [0.25, 0.3) is 0 Å². The molecule has 30 heavy (non-hydrogen) atoms. The molecule has 5 rings (SSSR count). The van der Waals surface area contributed by atoms with Gasteiger partial charge in [0.1, 0.15) is 0 Å². The number of rotatable bonds is 1. The van der Waals surface area contributed by atoms with Crippen molar-refractivity contribution in [3.63, 3.8) is 0 Å². The lowest BCUT2D eigenvalue weighted by Crippen LogP contribution is -2.57. The van der Waals surface area contributed by atoms with Gasteiger partial charge in [-0.05, 0) is 111 Å². The van der Waals surface area contributed by atoms with E-state index in [1.54, 1.807) is 0 Å². The normalized spacial score (nSPS) is 57.5. The SMILES string of the molecule is CC1(CO)CCC2C(CC3(C)C4CCC5C(CCCC23C)(CCC(O)C5(C)C)C4)O1. The highest BCUT2D eigenvalue weighted by Gasteiger charge is 2.67. The third kappa shape index (κ3) is 2.73. The molecule has 0 radical (unpaired) electrons. The smallest absolute Gasteiger partial charge is 0.0888 e. The summed E-state index contributed by atoms with van der Waals surface area (Å²) < 4.78 is 6.66. The standard InChI is InChI=1S/C27H46O3/c1-23(2)21-8-7-18-15-27(21,14-10-22(23)29)12-6-11-25(4)19-9-13-24(3,17-28)30-20(19)16-26(18,25)5/h18-22,28-29H,6-17H2,1-5H3. The molecule has 1 aliphatic heterocycles. The van der Waals surface area contributed by atoms with Gasteiger partial charge in [-0.1, -0.05) is 34.1 Å². The van der Waals surface area contributed by atoms with Crippen LogP contribution in [0.5, 0.6) is 0 Å². The summed E-state index contributed by atoms with van der Waals surface area (Å²) in [6.07, 6.45) is 13.8. The Labute approximate surface area is 184 Å². The fourth-order valence-electron chi connectivity index (χ4n) is 9.99. The molecule has 5 fully saturated rings. The molecule has 1 saturated heterocycles. The Hall–Kier alpha value is -0.120. The van der Waals surface area contributed by atoms with Crippen LogP contribution in [-0.4, -0.2) is 34.6 Å². The highest BCUT2D eigenvalue weighted by Crippen LogP contribution is 2.72. The van der Waals surface area contributed by atoms with Crippen LogP contribution in [0.4, 0.5) is 0 Å². The second-order valence-corrected chi connectivity index (χ2v) is 13.6. The van der Waals surface area contributed by atoms with Gasteiger partial charge in [0.05, 0.1) is 24.4 Å². The van der Waals surface area contributed by atoms with Crippen molar-refractivity contribution in [2.75, 3.05) is 6.61 Å². The zero-order chi connectivity index (χ0) is 21.6. The van der Waals surface area contributed by atoms with Gasteiger partial charge in [-0.25, -0.2) is 0 Å². The molecule has 9 atom stereocenters. The highest BCUT2D eigenvalue weighted by atomic mass is 16.5. The fraction of sp³-hybridized carbons (Fsp3) is 1.00. The van der Waals surface area contributed by atoms with E-state index < -0.39 is 0 Å². The van der Waals surface area contributed by atoms with Gasteiger partial charge in [-0.2, -0.15) is 0 Å². The van der Waals surface area contributed by atoms with Crippen molar-refractivity contribution in [3.8, 4) is 0 Å². The first-order valence-electron chi connectivity index (χ1n) is 13.0. The summed E-state index contributed by atoms with van der Waals surface area (Å²) in [5, 5.41) is 20.8. The maximum atomic E-state index is 10.8. The van der Waals surface area contributed by atoms with Crippen molar-refractivity contribution in [3.05, 3.63) is 0 Å². The molecule has 9 unspecified atom stereocenters. The predicted octanol–water partition coefficient (Wildman–Crippen LogP) is 5.72. The van der Waals surface area contributed by atoms with Gasteiger partial charge >= 0.3 is 0 Å². The van der Waals surface area contributed by atoms with Gasteiger partial charge in [-0.15, -0.1) is 0 Å². The molecule has 1 spiro atoms. The van der Waals surface area contributed by atoms with Gasteiger partial charge in [0.2, 0.25) is 0 Å². The largest absolute Gasteiger partial charge is 0.393 e. The fourth-order valence-corrected chi connectivity index (χ4v) is 9.99. The van der Waals surface area contributed by atoms with Crippen LogP contribution in [0.3, 0.4) is 0 Å². The number of hydrogen-bond acceptors (Lipinski definition) is 3. The van der Waals surface area contributed by atoms with Crippen LogP contribution in [0.15, 0.2) is 0 Å². The quantitative estimate of drug-likeness (QED) is 0.573. The van der Waals surface area contributed by atoms with Crippen LogP contribution in [0.25, 0.3) is 0 Å². The number of hydrogen-bond donors (Lipinski definition) is 2. The summed E-state index contributed by atoms with van der Waals surface area (Å²) in [5.41, 5.74) is 0.862. The minimum atomic E-state index is -0.337. The number of ether oxygens (including phenoxy) is 1. The van der Waals surface area contributed by atoms with E-state index in [1.807, 2.05) is 0 Å². The van der Waals surface area contributed by atoms with E-state index in [2.05, 4.69) is 34.6 Å². The van der Waals surface area contributed by atoms with Crippen molar-refractivity contribution < 1.29 is 14.9 Å². The topological polar surface area (TPSA) is 49.7 Å². The lowest BCUT2D eigenvalue weighted by atomic mass is 9.42. The monoisotopic (exact) mass is 418 g/mol. The Balaban J connectivity index is 1.48. The minimum Gasteiger partial charge on any atom is -0.393 e. The van der Waals surface area contributed by atoms with Crippen LogP contribution in [0.2, 0.25) is 0 Å². The summed E-state index contributed by atoms with van der Waals surface area (Å²) >= 11 is 0. The average molecular weight is 419 g/mol. The van der Waals surface area contributed by atoms with Crippen molar-refractivity contribution >= 4 is 0 Å². The van der Waals surface area contributed by atoms with Gasteiger partial charge in [0, 0.05) is 0 Å². The molecule has 0 aromatic heterocycles. The molecular weight excluding hydrogens is 372 g/mol. The van der Waals surface area contributed by atoms with Crippen LogP contribution in [-0.2, 0) is 4.74 Å². The Morgan fingerprint density at radius 3 is 2.33 bits per heavy atom. The lowest BCUT2D eigenvalue weighted by Gasteiger charge is -2.63. The molecule has 2 bridgehead atoms. The Bertz CT molecular complexity index is 690. The van der Waals surface area contributed by atoms with E-state index in [-0.39, 0.29) is 23.7 Å². The molecule has 0 aromatic rings. The number of aliphatic hydroxyl groups excluding tert-OH is 2. The summed E-state index contributed by atoms with van der Waals surface area (Å²) in [6, 6.07) is 0. The van der Waals surface area contributed by atoms with E-state index in [1.165, 1.54) is 57.8 Å².